The third kappa shape index (κ3) is 3.20. The van der Waals surface area contributed by atoms with Gasteiger partial charge in [-0.15, -0.1) is 0 Å². The summed E-state index contributed by atoms with van der Waals surface area (Å²) in [6.45, 7) is 0. The Balaban J connectivity index is 2.44. The molecule has 1 heterocycles. The fourth-order valence-corrected chi connectivity index (χ4v) is 2.58. The van der Waals surface area contributed by atoms with E-state index in [0.717, 1.165) is 4.47 Å². The average Bonchev–Trinajstić information content (AvgIpc) is 2.44. The molecule has 20 heavy (non-hydrogen) atoms. The van der Waals surface area contributed by atoms with Crippen molar-refractivity contribution in [3.8, 4) is 11.8 Å². The quantitative estimate of drug-likeness (QED) is 0.909. The van der Waals surface area contributed by atoms with Crippen LogP contribution in [0.1, 0.15) is 17.4 Å². The van der Waals surface area contributed by atoms with Crippen molar-refractivity contribution in [1.82, 2.24) is 9.97 Å². The Morgan fingerprint density at radius 1 is 1.25 bits per heavy atom. The van der Waals surface area contributed by atoms with Gasteiger partial charge in [0.2, 0.25) is 11.8 Å². The van der Waals surface area contributed by atoms with Gasteiger partial charge in [-0.1, -0.05) is 27.5 Å². The molecule has 1 aromatic heterocycles. The van der Waals surface area contributed by atoms with Gasteiger partial charge in [-0.05, 0) is 23.8 Å². The molecule has 7 heteroatoms. The van der Waals surface area contributed by atoms with Gasteiger partial charge in [0, 0.05) is 9.50 Å². The first-order chi connectivity index (χ1) is 9.55. The van der Waals surface area contributed by atoms with Crippen LogP contribution in [0.4, 0.5) is 0 Å². The molecule has 0 saturated carbocycles. The van der Waals surface area contributed by atoms with Gasteiger partial charge in [-0.25, -0.2) is 4.98 Å². The summed E-state index contributed by atoms with van der Waals surface area (Å²) >= 11 is 9.30. The second-order valence-electron chi connectivity index (χ2n) is 3.91. The topological polar surface area (TPSA) is 64.5 Å². The van der Waals surface area contributed by atoms with E-state index in [9.17, 15) is 5.11 Å². The maximum Gasteiger partial charge on any atom is 0.241 e. The molecule has 0 aliphatic rings. The number of hydrogen-bond acceptors (Lipinski definition) is 5. The summed E-state index contributed by atoms with van der Waals surface area (Å²) in [4.78, 5) is 8.22. The van der Waals surface area contributed by atoms with Gasteiger partial charge >= 0.3 is 0 Å². The third-order valence-electron chi connectivity index (χ3n) is 2.61. The number of hydrogen-bond donors (Lipinski definition) is 1. The summed E-state index contributed by atoms with van der Waals surface area (Å²) in [6.07, 6.45) is 0.416. The highest BCUT2D eigenvalue weighted by Crippen LogP contribution is 2.31. The first-order valence-electron chi connectivity index (χ1n) is 5.64. The predicted molar refractivity (Wildman–Crippen MR) is 78.3 cm³/mol. The summed E-state index contributed by atoms with van der Waals surface area (Å²) in [7, 11) is 2.93. The second kappa shape index (κ2) is 6.39. The highest BCUT2D eigenvalue weighted by atomic mass is 79.9. The minimum atomic E-state index is -1.00. The second-order valence-corrected chi connectivity index (χ2v) is 5.26. The number of nitrogens with zero attached hydrogens (tertiary/aromatic N) is 2. The summed E-state index contributed by atoms with van der Waals surface area (Å²) in [5, 5.41) is 10.9. The Hall–Kier alpha value is -1.37. The lowest BCUT2D eigenvalue weighted by atomic mass is 10.1. The highest BCUT2D eigenvalue weighted by molar-refractivity contribution is 9.10. The molecule has 106 valence electrons. The maximum atomic E-state index is 10.4. The number of ether oxygens (including phenoxy) is 2. The molecular formula is C13H12BrClN2O3. The Kier molecular flexibility index (Phi) is 4.80. The molecule has 1 unspecified atom stereocenters. The van der Waals surface area contributed by atoms with E-state index in [2.05, 4.69) is 25.9 Å². The lowest BCUT2D eigenvalue weighted by molar-refractivity contribution is 0.206. The first kappa shape index (κ1) is 15.0. The monoisotopic (exact) mass is 358 g/mol. The number of methoxy groups -OCH3 is 2. The number of aliphatic hydroxyl groups is 1. The van der Waals surface area contributed by atoms with E-state index in [4.69, 9.17) is 21.1 Å². The highest BCUT2D eigenvalue weighted by Gasteiger charge is 2.20. The Bertz CT molecular complexity index is 604. The van der Waals surface area contributed by atoms with Crippen LogP contribution in [0, 0.1) is 0 Å². The fourth-order valence-electron chi connectivity index (χ4n) is 1.69. The van der Waals surface area contributed by atoms with E-state index in [1.807, 2.05) is 0 Å². The molecule has 1 aromatic carbocycles. The van der Waals surface area contributed by atoms with Crippen LogP contribution in [-0.4, -0.2) is 29.3 Å². The Labute approximate surface area is 129 Å². The van der Waals surface area contributed by atoms with E-state index < -0.39 is 6.10 Å². The maximum absolute atomic E-state index is 10.4. The molecule has 0 aliphatic heterocycles. The molecule has 0 spiro atoms. The van der Waals surface area contributed by atoms with Crippen LogP contribution in [0.5, 0.6) is 11.8 Å². The summed E-state index contributed by atoms with van der Waals surface area (Å²) in [5.41, 5.74) is 0.879. The van der Waals surface area contributed by atoms with Crippen molar-refractivity contribution in [2.24, 2.45) is 0 Å². The molecule has 0 radical (unpaired) electrons. The molecule has 0 aliphatic carbocycles. The number of benzene rings is 1. The van der Waals surface area contributed by atoms with Crippen LogP contribution in [-0.2, 0) is 0 Å². The number of halogens is 2. The molecule has 2 aromatic rings. The zero-order valence-corrected chi connectivity index (χ0v) is 13.1. The van der Waals surface area contributed by atoms with Gasteiger partial charge in [0.05, 0.1) is 20.4 Å². The smallest absolute Gasteiger partial charge is 0.241 e. The molecular weight excluding hydrogens is 348 g/mol. The van der Waals surface area contributed by atoms with Gasteiger partial charge in [0.25, 0.3) is 0 Å². The largest absolute Gasteiger partial charge is 0.480 e. The van der Waals surface area contributed by atoms with Crippen molar-refractivity contribution < 1.29 is 14.6 Å². The number of aromatic nitrogens is 2. The Morgan fingerprint density at radius 3 is 2.60 bits per heavy atom. The van der Waals surface area contributed by atoms with Crippen LogP contribution in [0.15, 0.2) is 28.9 Å². The van der Waals surface area contributed by atoms with E-state index >= 15 is 0 Å². The van der Waals surface area contributed by atoms with E-state index in [-0.39, 0.29) is 5.88 Å². The fraction of sp³-hybridized carbons (Fsp3) is 0.231. The third-order valence-corrected chi connectivity index (χ3v) is 3.28. The molecule has 0 amide bonds. The summed E-state index contributed by atoms with van der Waals surface area (Å²) < 4.78 is 10.9. The normalized spacial score (nSPS) is 12.1. The van der Waals surface area contributed by atoms with Crippen LogP contribution >= 0.6 is 27.5 Å². The van der Waals surface area contributed by atoms with Crippen molar-refractivity contribution in [1.29, 1.82) is 0 Å². The predicted octanol–water partition coefficient (Wildman–Crippen LogP) is 2.99. The van der Waals surface area contributed by atoms with Crippen molar-refractivity contribution in [2.45, 2.75) is 6.10 Å². The van der Waals surface area contributed by atoms with Gasteiger partial charge in [-0.2, -0.15) is 4.98 Å². The lowest BCUT2D eigenvalue weighted by Crippen LogP contribution is -2.07. The molecule has 0 bridgehead atoms. The standard InChI is InChI=1S/C13H12BrClN2O3/c1-19-10-6-16-11(13(17-10)20-2)12(18)7-3-8(14)5-9(15)4-7/h3-6,12,18H,1-2H3. The minimum absolute atomic E-state index is 0.202. The summed E-state index contributed by atoms with van der Waals surface area (Å²) in [6, 6.07) is 5.14. The zero-order valence-electron chi connectivity index (χ0n) is 10.8. The van der Waals surface area contributed by atoms with Gasteiger partial charge < -0.3 is 14.6 Å². The SMILES string of the molecule is COc1cnc(C(O)c2cc(Cl)cc(Br)c2)c(OC)n1. The van der Waals surface area contributed by atoms with Crippen LogP contribution in [0.2, 0.25) is 5.02 Å². The molecule has 1 atom stereocenters. The molecule has 1 N–H and O–H groups in total. The molecule has 5 nitrogen and oxygen atoms in total. The van der Waals surface area contributed by atoms with Crippen LogP contribution in [0.3, 0.4) is 0 Å². The Morgan fingerprint density at radius 2 is 2.00 bits per heavy atom. The average molecular weight is 360 g/mol. The minimum Gasteiger partial charge on any atom is -0.480 e. The zero-order chi connectivity index (χ0) is 14.7. The molecule has 0 fully saturated rings. The van der Waals surface area contributed by atoms with Gasteiger partial charge in [-0.3, -0.25) is 0 Å². The number of aliphatic hydroxyl groups excluding tert-OH is 1. The van der Waals surface area contributed by atoms with Crippen molar-refractivity contribution >= 4 is 27.5 Å². The molecule has 0 saturated heterocycles. The molecule has 2 rings (SSSR count). The van der Waals surface area contributed by atoms with Crippen molar-refractivity contribution in [2.75, 3.05) is 14.2 Å². The van der Waals surface area contributed by atoms with E-state index in [1.54, 1.807) is 18.2 Å². The number of rotatable bonds is 4. The summed E-state index contributed by atoms with van der Waals surface area (Å²) in [5.74, 6) is 0.512. The van der Waals surface area contributed by atoms with Crippen molar-refractivity contribution in [3.05, 3.63) is 45.1 Å². The lowest BCUT2D eigenvalue weighted by Gasteiger charge is -2.14. The van der Waals surface area contributed by atoms with Crippen LogP contribution in [0.25, 0.3) is 0 Å². The first-order valence-corrected chi connectivity index (χ1v) is 6.81. The van der Waals surface area contributed by atoms with Gasteiger partial charge in [0.1, 0.15) is 11.8 Å². The van der Waals surface area contributed by atoms with Gasteiger partial charge in [0.15, 0.2) is 0 Å². The van der Waals surface area contributed by atoms with Crippen LogP contribution < -0.4 is 9.47 Å². The van der Waals surface area contributed by atoms with E-state index in [0.29, 0.717) is 22.2 Å². The van der Waals surface area contributed by atoms with Crippen molar-refractivity contribution in [3.63, 3.8) is 0 Å². The van der Waals surface area contributed by atoms with E-state index in [1.165, 1.54) is 20.4 Å².